The van der Waals surface area contributed by atoms with E-state index in [0.717, 1.165) is 25.0 Å². The first-order valence-corrected chi connectivity index (χ1v) is 12.2. The van der Waals surface area contributed by atoms with E-state index in [1.807, 2.05) is 11.5 Å². The van der Waals surface area contributed by atoms with Gasteiger partial charge in [-0.2, -0.15) is 13.2 Å². The molecule has 198 valence electrons. The fourth-order valence-corrected chi connectivity index (χ4v) is 4.24. The maximum Gasteiger partial charge on any atom is 0.417 e. The minimum atomic E-state index is -4.75. The van der Waals surface area contributed by atoms with Gasteiger partial charge in [-0.1, -0.05) is 43.1 Å². The Hall–Kier alpha value is -3.89. The summed E-state index contributed by atoms with van der Waals surface area (Å²) < 4.78 is 42.5. The number of halogens is 4. The summed E-state index contributed by atoms with van der Waals surface area (Å²) in [6.45, 7) is 4.36. The Morgan fingerprint density at radius 3 is 2.55 bits per heavy atom. The molecule has 0 radical (unpaired) electrons. The molecule has 11 heteroatoms. The molecule has 3 N–H and O–H groups in total. The predicted molar refractivity (Wildman–Crippen MR) is 141 cm³/mol. The van der Waals surface area contributed by atoms with Crippen molar-refractivity contribution in [2.45, 2.75) is 39.4 Å². The number of fused-ring (bicyclic) bond motifs is 1. The van der Waals surface area contributed by atoms with E-state index >= 15 is 0 Å². The largest absolute Gasteiger partial charge is 0.417 e. The minimum absolute atomic E-state index is 0.0330. The Kier molecular flexibility index (Phi) is 7.75. The molecule has 0 saturated heterocycles. The molecule has 0 atom stereocenters. The average Bonchev–Trinajstić information content (AvgIpc) is 3.31. The third kappa shape index (κ3) is 5.36. The quantitative estimate of drug-likeness (QED) is 0.156. The minimum Gasteiger partial charge on any atom is -0.331 e. The topological polar surface area (TPSA) is 93.2 Å². The Bertz CT molecular complexity index is 1520. The van der Waals surface area contributed by atoms with E-state index in [0.29, 0.717) is 38.9 Å². The highest BCUT2D eigenvalue weighted by Crippen LogP contribution is 2.34. The Labute approximate surface area is 222 Å². The summed E-state index contributed by atoms with van der Waals surface area (Å²) in [7, 11) is 0. The lowest BCUT2D eigenvalue weighted by Gasteiger charge is -2.21. The van der Waals surface area contributed by atoms with Crippen molar-refractivity contribution in [3.8, 4) is 0 Å². The summed E-state index contributed by atoms with van der Waals surface area (Å²) in [5.74, 6) is 4.48. The molecule has 0 aliphatic rings. The van der Waals surface area contributed by atoms with E-state index in [-0.39, 0.29) is 11.3 Å². The molecule has 3 aromatic carbocycles. The van der Waals surface area contributed by atoms with Crippen LogP contribution in [0.2, 0.25) is 5.02 Å². The number of carbonyl (C=O) groups excluding carboxylic acids is 2. The lowest BCUT2D eigenvalue weighted by Crippen LogP contribution is -2.38. The molecular weight excluding hydrogens is 519 g/mol. The number of hydrazine groups is 1. The van der Waals surface area contributed by atoms with Crippen LogP contribution >= 0.6 is 11.6 Å². The third-order valence-corrected chi connectivity index (χ3v) is 6.59. The molecule has 0 spiro atoms. The highest BCUT2D eigenvalue weighted by atomic mass is 35.5. The van der Waals surface area contributed by atoms with Gasteiger partial charge in [0, 0.05) is 17.3 Å². The zero-order valence-corrected chi connectivity index (χ0v) is 21.4. The molecule has 0 aliphatic heterocycles. The van der Waals surface area contributed by atoms with Crippen LogP contribution < -0.4 is 16.2 Å². The second-order valence-corrected chi connectivity index (χ2v) is 9.14. The van der Waals surface area contributed by atoms with E-state index in [1.165, 1.54) is 24.3 Å². The summed E-state index contributed by atoms with van der Waals surface area (Å²) in [5, 5.41) is 3.88. The number of hydrogen-bond acceptors (Lipinski definition) is 4. The van der Waals surface area contributed by atoms with E-state index in [4.69, 9.17) is 17.4 Å². The van der Waals surface area contributed by atoms with Crippen LogP contribution in [-0.2, 0) is 12.7 Å². The van der Waals surface area contributed by atoms with Gasteiger partial charge in [-0.25, -0.2) is 15.8 Å². The molecule has 0 bridgehead atoms. The summed E-state index contributed by atoms with van der Waals surface area (Å²) in [5.41, 5.74) is 0.417. The third-order valence-electron chi connectivity index (χ3n) is 6.18. The number of nitrogens with one attached hydrogen (secondary N) is 1. The number of aryl methyl sites for hydroxylation is 1. The monoisotopic (exact) mass is 543 g/mol. The first kappa shape index (κ1) is 27.2. The van der Waals surface area contributed by atoms with Crippen LogP contribution in [-0.4, -0.2) is 21.4 Å². The molecule has 1 heterocycles. The molecule has 38 heavy (non-hydrogen) atoms. The molecule has 0 saturated carbocycles. The normalized spacial score (nSPS) is 11.6. The summed E-state index contributed by atoms with van der Waals surface area (Å²) in [6.07, 6.45) is -1.46. The number of imidazole rings is 1. The number of benzene rings is 3. The van der Waals surface area contributed by atoms with Crippen molar-refractivity contribution in [3.05, 3.63) is 88.2 Å². The van der Waals surface area contributed by atoms with E-state index in [2.05, 4.69) is 10.3 Å². The predicted octanol–water partition coefficient (Wildman–Crippen LogP) is 6.59. The van der Waals surface area contributed by atoms with Gasteiger partial charge in [-0.3, -0.25) is 9.59 Å². The van der Waals surface area contributed by atoms with Crippen molar-refractivity contribution in [2.75, 3.05) is 10.3 Å². The SMILES string of the molecule is CCCCn1cnc2c(C(=O)Nc3cccc(Cl)c3C)cc(N(N)C(=O)c3ccccc3C(F)(F)F)cc21. The van der Waals surface area contributed by atoms with Crippen molar-refractivity contribution >= 4 is 45.8 Å². The van der Waals surface area contributed by atoms with Gasteiger partial charge in [-0.05, 0) is 55.3 Å². The Morgan fingerprint density at radius 2 is 1.84 bits per heavy atom. The second kappa shape index (κ2) is 10.8. The highest BCUT2D eigenvalue weighted by molar-refractivity contribution is 6.31. The number of aromatic nitrogens is 2. The van der Waals surface area contributed by atoms with Crippen molar-refractivity contribution in [2.24, 2.45) is 5.84 Å². The van der Waals surface area contributed by atoms with Crippen LogP contribution in [0.25, 0.3) is 11.0 Å². The molecule has 7 nitrogen and oxygen atoms in total. The summed E-state index contributed by atoms with van der Waals surface area (Å²) in [4.78, 5) is 31.0. The van der Waals surface area contributed by atoms with Gasteiger partial charge in [0.1, 0.15) is 5.52 Å². The van der Waals surface area contributed by atoms with Gasteiger partial charge < -0.3 is 9.88 Å². The molecule has 0 fully saturated rings. The van der Waals surface area contributed by atoms with Gasteiger partial charge in [0.25, 0.3) is 11.8 Å². The van der Waals surface area contributed by atoms with E-state index in [9.17, 15) is 22.8 Å². The van der Waals surface area contributed by atoms with Crippen molar-refractivity contribution < 1.29 is 22.8 Å². The van der Waals surface area contributed by atoms with Gasteiger partial charge in [0.15, 0.2) is 0 Å². The number of rotatable bonds is 7. The highest BCUT2D eigenvalue weighted by Gasteiger charge is 2.36. The van der Waals surface area contributed by atoms with Gasteiger partial charge in [-0.15, -0.1) is 0 Å². The zero-order valence-electron chi connectivity index (χ0n) is 20.6. The summed E-state index contributed by atoms with van der Waals surface area (Å²) in [6, 6.07) is 12.3. The van der Waals surface area contributed by atoms with E-state index in [1.54, 1.807) is 31.5 Å². The van der Waals surface area contributed by atoms with Crippen LogP contribution in [0.1, 0.15) is 51.6 Å². The number of unbranched alkanes of at least 4 members (excludes halogenated alkanes) is 1. The van der Waals surface area contributed by atoms with Gasteiger partial charge in [0.05, 0.1) is 34.2 Å². The number of alkyl halides is 3. The zero-order chi connectivity index (χ0) is 27.6. The lowest BCUT2D eigenvalue weighted by molar-refractivity contribution is -0.137. The maximum absolute atomic E-state index is 13.6. The van der Waals surface area contributed by atoms with Crippen molar-refractivity contribution in [1.29, 1.82) is 0 Å². The Morgan fingerprint density at radius 1 is 1.11 bits per heavy atom. The van der Waals surface area contributed by atoms with Crippen LogP contribution in [0, 0.1) is 6.92 Å². The van der Waals surface area contributed by atoms with Crippen LogP contribution in [0.5, 0.6) is 0 Å². The molecule has 0 aliphatic carbocycles. The number of nitrogens with two attached hydrogens (primary N) is 1. The Balaban J connectivity index is 1.81. The fraction of sp³-hybridized carbons (Fsp3) is 0.222. The molecule has 0 unspecified atom stereocenters. The molecule has 1 aromatic heterocycles. The maximum atomic E-state index is 13.6. The number of hydrogen-bond donors (Lipinski definition) is 2. The first-order valence-electron chi connectivity index (χ1n) is 11.8. The first-order chi connectivity index (χ1) is 18.0. The van der Waals surface area contributed by atoms with Crippen LogP contribution in [0.3, 0.4) is 0 Å². The average molecular weight is 544 g/mol. The molecule has 4 rings (SSSR count). The van der Waals surface area contributed by atoms with Crippen LogP contribution in [0.4, 0.5) is 24.5 Å². The number of carbonyl (C=O) groups is 2. The smallest absolute Gasteiger partial charge is 0.331 e. The van der Waals surface area contributed by atoms with Gasteiger partial charge >= 0.3 is 6.18 Å². The number of anilines is 2. The molecule has 2 amide bonds. The number of nitrogens with zero attached hydrogens (tertiary/aromatic N) is 3. The van der Waals surface area contributed by atoms with Crippen LogP contribution in [0.15, 0.2) is 60.9 Å². The molecular formula is C27H25ClF3N5O2. The lowest BCUT2D eigenvalue weighted by atomic mass is 10.1. The number of amides is 2. The summed E-state index contributed by atoms with van der Waals surface area (Å²) >= 11 is 6.19. The second-order valence-electron chi connectivity index (χ2n) is 8.74. The van der Waals surface area contributed by atoms with Crippen molar-refractivity contribution in [3.63, 3.8) is 0 Å². The fourth-order valence-electron chi connectivity index (χ4n) is 4.06. The molecule has 4 aromatic rings. The van der Waals surface area contributed by atoms with Crippen molar-refractivity contribution in [1.82, 2.24) is 9.55 Å². The van der Waals surface area contributed by atoms with Gasteiger partial charge in [0.2, 0.25) is 0 Å². The van der Waals surface area contributed by atoms with E-state index < -0.39 is 29.1 Å². The standard InChI is InChI=1S/C27H25ClF3N5O2/c1-3-4-12-35-15-33-24-19(25(37)34-22-11-7-10-21(28)16(22)2)13-17(14-23(24)35)36(32)26(38)18-8-5-6-9-20(18)27(29,30)31/h5-11,13-15H,3-4,12,32H2,1-2H3,(H,34,37).